The normalized spacial score (nSPS) is 13.8. The first-order valence-corrected chi connectivity index (χ1v) is 8.48. The third-order valence-electron chi connectivity index (χ3n) is 4.18. The molecule has 1 fully saturated rings. The number of pyridine rings is 1. The molecule has 0 unspecified atom stereocenters. The SMILES string of the molecule is O=[N+]([O-])c1cc(Cl)c(Oc2ccc3nccc(C4CC4)c3c2)c(Cl)c1. The van der Waals surface area contributed by atoms with Crippen molar-refractivity contribution in [3.8, 4) is 11.5 Å². The Morgan fingerprint density at radius 3 is 2.48 bits per heavy atom. The predicted octanol–water partition coefficient (Wildman–Crippen LogP) is 6.12. The zero-order valence-corrected chi connectivity index (χ0v) is 14.4. The van der Waals surface area contributed by atoms with Gasteiger partial charge in [0.15, 0.2) is 5.75 Å². The smallest absolute Gasteiger partial charge is 0.272 e. The van der Waals surface area contributed by atoms with Crippen LogP contribution in [0.25, 0.3) is 10.9 Å². The molecule has 7 heteroatoms. The number of nitrogens with zero attached hydrogens (tertiary/aromatic N) is 2. The zero-order valence-electron chi connectivity index (χ0n) is 12.9. The Kier molecular flexibility index (Phi) is 3.98. The van der Waals surface area contributed by atoms with Crippen LogP contribution >= 0.6 is 23.2 Å². The van der Waals surface area contributed by atoms with Crippen LogP contribution in [0, 0.1) is 10.1 Å². The number of nitro benzene ring substituents is 1. The Labute approximate surface area is 153 Å². The molecule has 0 amide bonds. The number of nitro groups is 1. The van der Waals surface area contributed by atoms with E-state index in [-0.39, 0.29) is 21.5 Å². The average molecular weight is 375 g/mol. The lowest BCUT2D eigenvalue weighted by Crippen LogP contribution is -1.92. The third-order valence-corrected chi connectivity index (χ3v) is 4.74. The molecule has 0 aliphatic heterocycles. The monoisotopic (exact) mass is 374 g/mol. The highest BCUT2D eigenvalue weighted by Crippen LogP contribution is 2.44. The highest BCUT2D eigenvalue weighted by molar-refractivity contribution is 6.37. The van der Waals surface area contributed by atoms with Gasteiger partial charge >= 0.3 is 0 Å². The molecule has 1 heterocycles. The molecule has 0 atom stereocenters. The topological polar surface area (TPSA) is 65.3 Å². The van der Waals surface area contributed by atoms with E-state index in [1.165, 1.54) is 30.5 Å². The van der Waals surface area contributed by atoms with E-state index in [1.807, 2.05) is 24.4 Å². The van der Waals surface area contributed by atoms with Crippen molar-refractivity contribution in [1.82, 2.24) is 4.98 Å². The summed E-state index contributed by atoms with van der Waals surface area (Å²) in [6, 6.07) is 10.0. The number of non-ortho nitro benzene ring substituents is 1. The largest absolute Gasteiger partial charge is 0.454 e. The van der Waals surface area contributed by atoms with Crippen molar-refractivity contribution in [1.29, 1.82) is 0 Å². The van der Waals surface area contributed by atoms with Crippen LogP contribution in [0.15, 0.2) is 42.6 Å². The van der Waals surface area contributed by atoms with Crippen molar-refractivity contribution in [3.05, 3.63) is 68.3 Å². The standard InChI is InChI=1S/C18H12Cl2N2O3/c19-15-7-11(22(23)24)8-16(20)18(15)25-12-3-4-17-14(9-12)13(5-6-21-17)10-1-2-10/h3-10H,1-2H2. The number of hydrogen-bond donors (Lipinski definition) is 0. The molecule has 126 valence electrons. The van der Waals surface area contributed by atoms with Crippen LogP contribution in [-0.4, -0.2) is 9.91 Å². The number of rotatable bonds is 4. The van der Waals surface area contributed by atoms with Gasteiger partial charge in [-0.15, -0.1) is 0 Å². The Hall–Kier alpha value is -2.37. The van der Waals surface area contributed by atoms with Crippen LogP contribution in [0.5, 0.6) is 11.5 Å². The number of halogens is 2. The van der Waals surface area contributed by atoms with Crippen molar-refractivity contribution in [2.75, 3.05) is 0 Å². The fourth-order valence-corrected chi connectivity index (χ4v) is 3.38. The van der Waals surface area contributed by atoms with E-state index in [2.05, 4.69) is 4.98 Å². The molecular formula is C18H12Cl2N2O3. The van der Waals surface area contributed by atoms with Gasteiger partial charge in [-0.05, 0) is 48.6 Å². The summed E-state index contributed by atoms with van der Waals surface area (Å²) < 4.78 is 5.82. The van der Waals surface area contributed by atoms with Crippen LogP contribution in [-0.2, 0) is 0 Å². The zero-order chi connectivity index (χ0) is 17.6. The molecule has 5 nitrogen and oxygen atoms in total. The molecule has 0 saturated heterocycles. The van der Waals surface area contributed by atoms with E-state index in [0.717, 1.165) is 10.9 Å². The summed E-state index contributed by atoms with van der Waals surface area (Å²) in [6.45, 7) is 0. The molecule has 4 rings (SSSR count). The highest BCUT2D eigenvalue weighted by atomic mass is 35.5. The number of fused-ring (bicyclic) bond motifs is 1. The minimum atomic E-state index is -0.550. The Morgan fingerprint density at radius 1 is 1.12 bits per heavy atom. The number of hydrogen-bond acceptors (Lipinski definition) is 4. The maximum atomic E-state index is 10.9. The average Bonchev–Trinajstić information content (AvgIpc) is 3.42. The molecular weight excluding hydrogens is 363 g/mol. The first-order chi connectivity index (χ1) is 12.0. The molecule has 0 N–H and O–H groups in total. The van der Waals surface area contributed by atoms with Gasteiger partial charge in [-0.2, -0.15) is 0 Å². The summed E-state index contributed by atoms with van der Waals surface area (Å²) in [7, 11) is 0. The second-order valence-corrected chi connectivity index (χ2v) is 6.77. The lowest BCUT2D eigenvalue weighted by Gasteiger charge is -2.11. The van der Waals surface area contributed by atoms with Gasteiger partial charge in [-0.3, -0.25) is 15.1 Å². The Bertz CT molecular complexity index is 980. The van der Waals surface area contributed by atoms with Gasteiger partial charge in [-0.1, -0.05) is 23.2 Å². The Morgan fingerprint density at radius 2 is 1.84 bits per heavy atom. The molecule has 3 aromatic rings. The maximum absolute atomic E-state index is 10.9. The summed E-state index contributed by atoms with van der Waals surface area (Å²) in [5.74, 6) is 1.33. The van der Waals surface area contributed by atoms with Crippen molar-refractivity contribution in [3.63, 3.8) is 0 Å². The molecule has 0 radical (unpaired) electrons. The lowest BCUT2D eigenvalue weighted by molar-refractivity contribution is -0.384. The van der Waals surface area contributed by atoms with Gasteiger partial charge in [0.05, 0.1) is 20.5 Å². The van der Waals surface area contributed by atoms with Crippen LogP contribution in [0.3, 0.4) is 0 Å². The first-order valence-electron chi connectivity index (χ1n) is 7.73. The number of benzene rings is 2. The van der Waals surface area contributed by atoms with Gasteiger partial charge < -0.3 is 4.74 Å². The van der Waals surface area contributed by atoms with E-state index in [9.17, 15) is 10.1 Å². The van der Waals surface area contributed by atoms with E-state index >= 15 is 0 Å². The second kappa shape index (κ2) is 6.17. The van der Waals surface area contributed by atoms with E-state index in [4.69, 9.17) is 27.9 Å². The van der Waals surface area contributed by atoms with Gasteiger partial charge in [0.2, 0.25) is 0 Å². The fourth-order valence-electron chi connectivity index (χ4n) is 2.83. The van der Waals surface area contributed by atoms with Gasteiger partial charge in [0.25, 0.3) is 5.69 Å². The minimum Gasteiger partial charge on any atom is -0.454 e. The molecule has 1 aliphatic carbocycles. The van der Waals surface area contributed by atoms with E-state index in [0.29, 0.717) is 11.7 Å². The van der Waals surface area contributed by atoms with Crippen molar-refractivity contribution >= 4 is 39.8 Å². The fraction of sp³-hybridized carbons (Fsp3) is 0.167. The van der Waals surface area contributed by atoms with E-state index < -0.39 is 4.92 Å². The van der Waals surface area contributed by atoms with Gasteiger partial charge in [0, 0.05) is 23.7 Å². The first kappa shape index (κ1) is 16.1. The van der Waals surface area contributed by atoms with Crippen LogP contribution in [0.2, 0.25) is 10.0 Å². The quantitative estimate of drug-likeness (QED) is 0.407. The lowest BCUT2D eigenvalue weighted by atomic mass is 10.1. The van der Waals surface area contributed by atoms with Crippen molar-refractivity contribution in [2.45, 2.75) is 18.8 Å². The van der Waals surface area contributed by atoms with Gasteiger partial charge in [-0.25, -0.2) is 0 Å². The summed E-state index contributed by atoms with van der Waals surface area (Å²) in [4.78, 5) is 14.7. The van der Waals surface area contributed by atoms with Gasteiger partial charge in [0.1, 0.15) is 5.75 Å². The summed E-state index contributed by atoms with van der Waals surface area (Å²) in [5, 5.41) is 12.1. The summed E-state index contributed by atoms with van der Waals surface area (Å²) in [6.07, 6.45) is 4.19. The molecule has 0 bridgehead atoms. The molecule has 1 aromatic heterocycles. The molecule has 25 heavy (non-hydrogen) atoms. The third kappa shape index (κ3) is 3.13. The molecule has 0 spiro atoms. The summed E-state index contributed by atoms with van der Waals surface area (Å²) >= 11 is 12.2. The van der Waals surface area contributed by atoms with Crippen LogP contribution in [0.4, 0.5) is 5.69 Å². The number of ether oxygens (including phenoxy) is 1. The molecule has 1 aliphatic rings. The second-order valence-electron chi connectivity index (χ2n) is 5.95. The highest BCUT2D eigenvalue weighted by Gasteiger charge is 2.25. The van der Waals surface area contributed by atoms with E-state index in [1.54, 1.807) is 6.07 Å². The van der Waals surface area contributed by atoms with Crippen molar-refractivity contribution < 1.29 is 9.66 Å². The minimum absolute atomic E-state index is 0.0906. The summed E-state index contributed by atoms with van der Waals surface area (Å²) in [5.41, 5.74) is 1.98. The van der Waals surface area contributed by atoms with Crippen molar-refractivity contribution in [2.24, 2.45) is 0 Å². The Balaban J connectivity index is 1.74. The molecule has 1 saturated carbocycles. The predicted molar refractivity (Wildman–Crippen MR) is 96.9 cm³/mol. The van der Waals surface area contributed by atoms with Crippen LogP contribution in [0.1, 0.15) is 24.3 Å². The number of aromatic nitrogens is 1. The molecule has 2 aromatic carbocycles. The van der Waals surface area contributed by atoms with Crippen LogP contribution < -0.4 is 4.74 Å². The maximum Gasteiger partial charge on any atom is 0.272 e.